The Hall–Kier alpha value is -1.63. The molecule has 100 valence electrons. The molecule has 0 radical (unpaired) electrons. The van der Waals surface area contributed by atoms with Gasteiger partial charge in [-0.3, -0.25) is 9.78 Å². The molecule has 0 aliphatic rings. The van der Waals surface area contributed by atoms with E-state index in [9.17, 15) is 18.0 Å². The van der Waals surface area contributed by atoms with Gasteiger partial charge in [-0.1, -0.05) is 0 Å². The molecular formula is C11H14F3N3O. The predicted molar refractivity (Wildman–Crippen MR) is 59.4 cm³/mol. The molecule has 1 amide bonds. The van der Waals surface area contributed by atoms with Crippen molar-refractivity contribution < 1.29 is 18.0 Å². The van der Waals surface area contributed by atoms with Gasteiger partial charge < -0.3 is 10.6 Å². The molecule has 4 nitrogen and oxygen atoms in total. The lowest BCUT2D eigenvalue weighted by Gasteiger charge is -2.23. The van der Waals surface area contributed by atoms with Gasteiger partial charge in [0, 0.05) is 25.5 Å². The van der Waals surface area contributed by atoms with E-state index in [1.165, 1.54) is 12.4 Å². The summed E-state index contributed by atoms with van der Waals surface area (Å²) in [6.45, 7) is 0.121. The number of aromatic nitrogens is 1. The molecule has 0 fully saturated rings. The van der Waals surface area contributed by atoms with Gasteiger partial charge in [-0.25, -0.2) is 0 Å². The molecule has 0 unspecified atom stereocenters. The van der Waals surface area contributed by atoms with Gasteiger partial charge in [-0.05, 0) is 30.7 Å². The van der Waals surface area contributed by atoms with Gasteiger partial charge in [0.15, 0.2) is 0 Å². The minimum absolute atomic E-state index is 0.0167. The van der Waals surface area contributed by atoms with Crippen molar-refractivity contribution in [3.8, 4) is 0 Å². The average Bonchev–Trinajstić information content (AvgIpc) is 2.33. The number of amides is 1. The van der Waals surface area contributed by atoms with Gasteiger partial charge in [0.1, 0.15) is 0 Å². The lowest BCUT2D eigenvalue weighted by molar-refractivity contribution is -0.186. The van der Waals surface area contributed by atoms with Crippen LogP contribution in [0.3, 0.4) is 0 Å². The Morgan fingerprint density at radius 1 is 1.33 bits per heavy atom. The molecule has 0 bridgehead atoms. The van der Waals surface area contributed by atoms with E-state index in [-0.39, 0.29) is 19.6 Å². The molecule has 7 heteroatoms. The summed E-state index contributed by atoms with van der Waals surface area (Å²) in [5.41, 5.74) is 5.85. The van der Waals surface area contributed by atoms with Crippen molar-refractivity contribution in [2.75, 3.05) is 13.1 Å². The van der Waals surface area contributed by atoms with E-state index in [1.54, 1.807) is 12.1 Å². The number of nitrogens with two attached hydrogens (primary N) is 1. The van der Waals surface area contributed by atoms with Crippen LogP contribution < -0.4 is 5.73 Å². The fraction of sp³-hybridized carbons (Fsp3) is 0.455. The zero-order chi connectivity index (χ0) is 13.6. The predicted octanol–water partition coefficient (Wildman–Crippen LogP) is 1.32. The van der Waals surface area contributed by atoms with Crippen LogP contribution in [0.4, 0.5) is 13.2 Å². The zero-order valence-corrected chi connectivity index (χ0v) is 9.65. The Bertz CT molecular complexity index is 381. The quantitative estimate of drug-likeness (QED) is 0.869. The first-order valence-electron chi connectivity index (χ1n) is 5.40. The Kier molecular flexibility index (Phi) is 5.08. The van der Waals surface area contributed by atoms with Crippen molar-refractivity contribution in [2.24, 2.45) is 5.73 Å². The normalized spacial score (nSPS) is 11.3. The third-order valence-corrected chi connectivity index (χ3v) is 2.28. The number of carbonyl (C=O) groups excluding carboxylic acids is 1. The molecule has 0 aromatic carbocycles. The highest BCUT2D eigenvalue weighted by Crippen LogP contribution is 2.20. The van der Waals surface area contributed by atoms with Gasteiger partial charge in [0.25, 0.3) is 0 Å². The molecule has 18 heavy (non-hydrogen) atoms. The lowest BCUT2D eigenvalue weighted by atomic mass is 10.2. The second-order valence-electron chi connectivity index (χ2n) is 3.72. The Labute approximate surface area is 103 Å². The summed E-state index contributed by atoms with van der Waals surface area (Å²) < 4.78 is 37.2. The summed E-state index contributed by atoms with van der Waals surface area (Å²) >= 11 is 0. The number of rotatable bonds is 5. The molecule has 1 heterocycles. The summed E-state index contributed by atoms with van der Waals surface area (Å²) in [7, 11) is 0. The standard InChI is InChI=1S/C11H14F3N3O/c12-11(13,14)10(18)17(7-1-4-15)8-9-2-5-16-6-3-9/h2-3,5-6H,1,4,7-8,15H2. The minimum Gasteiger partial charge on any atom is -0.331 e. The molecule has 1 aromatic rings. The first-order chi connectivity index (χ1) is 8.45. The van der Waals surface area contributed by atoms with E-state index in [0.29, 0.717) is 12.0 Å². The SMILES string of the molecule is NCCCN(Cc1ccncc1)C(=O)C(F)(F)F. The molecular weight excluding hydrogens is 247 g/mol. The van der Waals surface area contributed by atoms with Gasteiger partial charge in [0.2, 0.25) is 0 Å². The summed E-state index contributed by atoms with van der Waals surface area (Å²) in [6.07, 6.45) is -1.60. The topological polar surface area (TPSA) is 59.2 Å². The third kappa shape index (κ3) is 4.33. The highest BCUT2D eigenvalue weighted by atomic mass is 19.4. The Balaban J connectivity index is 2.76. The third-order valence-electron chi connectivity index (χ3n) is 2.28. The fourth-order valence-electron chi connectivity index (χ4n) is 1.42. The van der Waals surface area contributed by atoms with E-state index in [4.69, 9.17) is 5.73 Å². The second kappa shape index (κ2) is 6.34. The van der Waals surface area contributed by atoms with Crippen LogP contribution in [0, 0.1) is 0 Å². The number of alkyl halides is 3. The summed E-state index contributed by atoms with van der Waals surface area (Å²) in [5.74, 6) is -1.84. The monoisotopic (exact) mass is 261 g/mol. The number of nitrogens with zero attached hydrogens (tertiary/aromatic N) is 2. The number of halogens is 3. The molecule has 0 saturated heterocycles. The van der Waals surface area contributed by atoms with Crippen LogP contribution in [0.25, 0.3) is 0 Å². The van der Waals surface area contributed by atoms with Crippen LogP contribution in [-0.2, 0) is 11.3 Å². The maximum absolute atomic E-state index is 12.4. The van der Waals surface area contributed by atoms with Crippen molar-refractivity contribution >= 4 is 5.91 Å². The van der Waals surface area contributed by atoms with Crippen molar-refractivity contribution in [3.05, 3.63) is 30.1 Å². The summed E-state index contributed by atoms with van der Waals surface area (Å²) in [5, 5.41) is 0. The first-order valence-corrected chi connectivity index (χ1v) is 5.40. The smallest absolute Gasteiger partial charge is 0.331 e. The number of carbonyl (C=O) groups is 1. The molecule has 0 aliphatic heterocycles. The van der Waals surface area contributed by atoms with Crippen LogP contribution in [0.5, 0.6) is 0 Å². The molecule has 0 aliphatic carbocycles. The lowest BCUT2D eigenvalue weighted by Crippen LogP contribution is -2.41. The maximum Gasteiger partial charge on any atom is 0.471 e. The van der Waals surface area contributed by atoms with Gasteiger partial charge in [-0.2, -0.15) is 13.2 Å². The van der Waals surface area contributed by atoms with Gasteiger partial charge in [-0.15, -0.1) is 0 Å². The molecule has 2 N–H and O–H groups in total. The van der Waals surface area contributed by atoms with Crippen molar-refractivity contribution in [3.63, 3.8) is 0 Å². The largest absolute Gasteiger partial charge is 0.471 e. The zero-order valence-electron chi connectivity index (χ0n) is 9.65. The Morgan fingerprint density at radius 2 is 1.94 bits per heavy atom. The van der Waals surface area contributed by atoms with Crippen LogP contribution in [0.1, 0.15) is 12.0 Å². The average molecular weight is 261 g/mol. The van der Waals surface area contributed by atoms with E-state index in [0.717, 1.165) is 4.90 Å². The highest BCUT2D eigenvalue weighted by Gasteiger charge is 2.42. The number of hydrogen-bond acceptors (Lipinski definition) is 3. The van der Waals surface area contributed by atoms with Crippen molar-refractivity contribution in [1.82, 2.24) is 9.88 Å². The summed E-state index contributed by atoms with van der Waals surface area (Å²) in [6, 6.07) is 3.14. The number of hydrogen-bond donors (Lipinski definition) is 1. The maximum atomic E-state index is 12.4. The van der Waals surface area contributed by atoms with Crippen LogP contribution in [0.15, 0.2) is 24.5 Å². The fourth-order valence-corrected chi connectivity index (χ4v) is 1.42. The molecule has 0 spiro atoms. The Morgan fingerprint density at radius 3 is 2.44 bits per heavy atom. The van der Waals surface area contributed by atoms with Gasteiger partial charge in [0.05, 0.1) is 0 Å². The van der Waals surface area contributed by atoms with E-state index in [2.05, 4.69) is 4.98 Å². The second-order valence-corrected chi connectivity index (χ2v) is 3.72. The molecule has 0 saturated carbocycles. The summed E-state index contributed by atoms with van der Waals surface area (Å²) in [4.78, 5) is 15.7. The van der Waals surface area contributed by atoms with Crippen molar-refractivity contribution in [2.45, 2.75) is 19.1 Å². The van der Waals surface area contributed by atoms with Crippen molar-refractivity contribution in [1.29, 1.82) is 0 Å². The first kappa shape index (κ1) is 14.4. The van der Waals surface area contributed by atoms with E-state index >= 15 is 0 Å². The van der Waals surface area contributed by atoms with Crippen LogP contribution >= 0.6 is 0 Å². The van der Waals surface area contributed by atoms with E-state index < -0.39 is 12.1 Å². The molecule has 1 rings (SSSR count). The van der Waals surface area contributed by atoms with Crippen LogP contribution in [0.2, 0.25) is 0 Å². The van der Waals surface area contributed by atoms with Crippen LogP contribution in [-0.4, -0.2) is 35.1 Å². The van der Waals surface area contributed by atoms with E-state index in [1.807, 2.05) is 0 Å². The number of pyridine rings is 1. The minimum atomic E-state index is -4.86. The molecule has 0 atom stereocenters. The molecule has 1 aromatic heterocycles. The highest BCUT2D eigenvalue weighted by molar-refractivity contribution is 5.81. The van der Waals surface area contributed by atoms with Gasteiger partial charge >= 0.3 is 12.1 Å².